The van der Waals surface area contributed by atoms with Crippen molar-refractivity contribution in [2.45, 2.75) is 45.6 Å². The number of aryl methyl sites for hydroxylation is 1. The first-order valence-corrected chi connectivity index (χ1v) is 9.77. The lowest BCUT2D eigenvalue weighted by Gasteiger charge is -2.16. The zero-order chi connectivity index (χ0) is 19.7. The minimum Gasteiger partial charge on any atom is -0.338 e. The largest absolute Gasteiger partial charge is 0.338 e. The highest BCUT2D eigenvalue weighted by atomic mass is 16.5. The van der Waals surface area contributed by atoms with Crippen molar-refractivity contribution in [1.29, 1.82) is 0 Å². The summed E-state index contributed by atoms with van der Waals surface area (Å²) in [6, 6.07) is 16.5. The molecule has 0 radical (unpaired) electrons. The lowest BCUT2D eigenvalue weighted by atomic mass is 10.0. The molecular formula is C23H25N3O2. The second kappa shape index (κ2) is 7.58. The Bertz CT molecular complexity index is 976. The Morgan fingerprint density at radius 1 is 1.18 bits per heavy atom. The van der Waals surface area contributed by atoms with Crippen LogP contribution in [0.5, 0.6) is 0 Å². The Balaban J connectivity index is 1.45. The molecule has 0 spiro atoms. The molecule has 4 rings (SSSR count). The third kappa shape index (κ3) is 3.84. The summed E-state index contributed by atoms with van der Waals surface area (Å²) in [7, 11) is 0. The van der Waals surface area contributed by atoms with Crippen molar-refractivity contribution < 1.29 is 9.32 Å². The molecule has 1 aromatic heterocycles. The molecule has 1 fully saturated rings. The van der Waals surface area contributed by atoms with Crippen LogP contribution in [-0.4, -0.2) is 27.5 Å². The van der Waals surface area contributed by atoms with E-state index in [1.165, 1.54) is 5.56 Å². The number of amides is 1. The van der Waals surface area contributed by atoms with Crippen molar-refractivity contribution >= 4 is 5.91 Å². The van der Waals surface area contributed by atoms with Gasteiger partial charge in [-0.3, -0.25) is 4.79 Å². The van der Waals surface area contributed by atoms with Gasteiger partial charge in [-0.25, -0.2) is 0 Å². The van der Waals surface area contributed by atoms with Crippen LogP contribution in [0.3, 0.4) is 0 Å². The van der Waals surface area contributed by atoms with Gasteiger partial charge in [-0.1, -0.05) is 61.0 Å². The Morgan fingerprint density at radius 3 is 2.68 bits per heavy atom. The number of rotatable bonds is 5. The average Bonchev–Trinajstić information content (AvgIpc) is 3.30. The zero-order valence-corrected chi connectivity index (χ0v) is 16.6. The standard InChI is InChI=1S/C23H25N3O2/c1-15(2)18-9-7-17(8-10-18)13-26-14-20(12-21(26)27)22-24-23(28-25-22)19-6-4-5-16(3)11-19/h4-11,15,20H,12-14H2,1-3H3. The van der Waals surface area contributed by atoms with E-state index in [-0.39, 0.29) is 11.8 Å². The molecule has 0 aliphatic carbocycles. The normalized spacial score (nSPS) is 16.9. The molecule has 2 aromatic carbocycles. The summed E-state index contributed by atoms with van der Waals surface area (Å²) >= 11 is 0. The first kappa shape index (κ1) is 18.4. The van der Waals surface area contributed by atoms with Crippen LogP contribution in [0, 0.1) is 6.92 Å². The monoisotopic (exact) mass is 375 g/mol. The van der Waals surface area contributed by atoms with E-state index < -0.39 is 0 Å². The van der Waals surface area contributed by atoms with Gasteiger partial charge in [0.05, 0.1) is 0 Å². The van der Waals surface area contributed by atoms with E-state index in [0.29, 0.717) is 37.1 Å². The Labute approximate surface area is 165 Å². The van der Waals surface area contributed by atoms with Gasteiger partial charge in [0.15, 0.2) is 5.82 Å². The molecule has 1 amide bonds. The summed E-state index contributed by atoms with van der Waals surface area (Å²) in [5, 5.41) is 4.15. The van der Waals surface area contributed by atoms with Crippen LogP contribution in [0.1, 0.15) is 54.6 Å². The Morgan fingerprint density at radius 2 is 1.96 bits per heavy atom. The summed E-state index contributed by atoms with van der Waals surface area (Å²) in [5.41, 5.74) is 4.50. The summed E-state index contributed by atoms with van der Waals surface area (Å²) in [6.07, 6.45) is 0.427. The van der Waals surface area contributed by atoms with Crippen molar-refractivity contribution in [2.24, 2.45) is 0 Å². The van der Waals surface area contributed by atoms with E-state index in [9.17, 15) is 4.79 Å². The minimum atomic E-state index is -0.0234. The number of aromatic nitrogens is 2. The molecular weight excluding hydrogens is 350 g/mol. The molecule has 0 saturated carbocycles. The molecule has 1 saturated heterocycles. The molecule has 1 aliphatic heterocycles. The number of nitrogens with zero attached hydrogens (tertiary/aromatic N) is 3. The first-order valence-electron chi connectivity index (χ1n) is 9.77. The van der Waals surface area contributed by atoms with E-state index in [0.717, 1.165) is 16.7 Å². The second-order valence-electron chi connectivity index (χ2n) is 7.90. The van der Waals surface area contributed by atoms with E-state index in [1.807, 2.05) is 36.1 Å². The average molecular weight is 375 g/mol. The number of carbonyl (C=O) groups excluding carboxylic acids is 1. The highest BCUT2D eigenvalue weighted by Crippen LogP contribution is 2.29. The molecule has 5 nitrogen and oxygen atoms in total. The van der Waals surface area contributed by atoms with Gasteiger partial charge in [-0.2, -0.15) is 4.98 Å². The highest BCUT2D eigenvalue weighted by Gasteiger charge is 2.33. The predicted molar refractivity (Wildman–Crippen MR) is 108 cm³/mol. The van der Waals surface area contributed by atoms with Gasteiger partial charge >= 0.3 is 0 Å². The molecule has 0 N–H and O–H groups in total. The van der Waals surface area contributed by atoms with Crippen LogP contribution in [0.15, 0.2) is 53.1 Å². The van der Waals surface area contributed by atoms with Crippen LogP contribution in [0.4, 0.5) is 0 Å². The van der Waals surface area contributed by atoms with Gasteiger partial charge in [-0.15, -0.1) is 0 Å². The fraction of sp³-hybridized carbons (Fsp3) is 0.348. The second-order valence-corrected chi connectivity index (χ2v) is 7.90. The predicted octanol–water partition coefficient (Wildman–Crippen LogP) is 4.68. The molecule has 3 aromatic rings. The van der Waals surface area contributed by atoms with Crippen LogP contribution in [-0.2, 0) is 11.3 Å². The number of hydrogen-bond acceptors (Lipinski definition) is 4. The zero-order valence-electron chi connectivity index (χ0n) is 16.6. The smallest absolute Gasteiger partial charge is 0.257 e. The number of likely N-dealkylation sites (tertiary alicyclic amines) is 1. The SMILES string of the molecule is Cc1cccc(-c2nc(C3CC(=O)N(Cc4ccc(C(C)C)cc4)C3)no2)c1. The summed E-state index contributed by atoms with van der Waals surface area (Å²) in [5.74, 6) is 1.74. The summed E-state index contributed by atoms with van der Waals surface area (Å²) < 4.78 is 5.45. The molecule has 28 heavy (non-hydrogen) atoms. The summed E-state index contributed by atoms with van der Waals surface area (Å²) in [6.45, 7) is 7.63. The molecule has 1 atom stereocenters. The van der Waals surface area contributed by atoms with Gasteiger partial charge in [-0.05, 0) is 36.1 Å². The van der Waals surface area contributed by atoms with Crippen molar-refractivity contribution in [3.63, 3.8) is 0 Å². The number of carbonyl (C=O) groups is 1. The topological polar surface area (TPSA) is 59.2 Å². The maximum absolute atomic E-state index is 12.5. The molecule has 2 heterocycles. The fourth-order valence-electron chi connectivity index (χ4n) is 3.62. The number of hydrogen-bond donors (Lipinski definition) is 0. The maximum Gasteiger partial charge on any atom is 0.257 e. The van der Waals surface area contributed by atoms with E-state index in [4.69, 9.17) is 4.52 Å². The summed E-state index contributed by atoms with van der Waals surface area (Å²) in [4.78, 5) is 18.9. The minimum absolute atomic E-state index is 0.0234. The quantitative estimate of drug-likeness (QED) is 0.649. The lowest BCUT2D eigenvalue weighted by molar-refractivity contribution is -0.128. The third-order valence-corrected chi connectivity index (χ3v) is 5.31. The van der Waals surface area contributed by atoms with E-state index in [2.05, 4.69) is 48.3 Å². The van der Waals surface area contributed by atoms with Gasteiger partial charge in [0.1, 0.15) is 0 Å². The first-order chi connectivity index (χ1) is 13.5. The van der Waals surface area contributed by atoms with Crippen molar-refractivity contribution in [3.8, 4) is 11.5 Å². The Hall–Kier alpha value is -2.95. The lowest BCUT2D eigenvalue weighted by Crippen LogP contribution is -2.24. The van der Waals surface area contributed by atoms with E-state index >= 15 is 0 Å². The van der Waals surface area contributed by atoms with Crippen LogP contribution >= 0.6 is 0 Å². The third-order valence-electron chi connectivity index (χ3n) is 5.31. The van der Waals surface area contributed by atoms with Gasteiger partial charge < -0.3 is 9.42 Å². The maximum atomic E-state index is 12.5. The fourth-order valence-corrected chi connectivity index (χ4v) is 3.62. The molecule has 1 aliphatic rings. The number of benzene rings is 2. The van der Waals surface area contributed by atoms with Crippen molar-refractivity contribution in [2.75, 3.05) is 6.54 Å². The van der Waals surface area contributed by atoms with Gasteiger partial charge in [0.2, 0.25) is 5.91 Å². The molecule has 0 bridgehead atoms. The molecule has 144 valence electrons. The molecule has 1 unspecified atom stereocenters. The van der Waals surface area contributed by atoms with E-state index in [1.54, 1.807) is 0 Å². The van der Waals surface area contributed by atoms with Crippen LogP contribution < -0.4 is 0 Å². The molecule has 5 heteroatoms. The van der Waals surface area contributed by atoms with Crippen LogP contribution in [0.25, 0.3) is 11.5 Å². The van der Waals surface area contributed by atoms with Gasteiger partial charge in [0.25, 0.3) is 5.89 Å². The van der Waals surface area contributed by atoms with Gasteiger partial charge in [0, 0.05) is 31.0 Å². The highest BCUT2D eigenvalue weighted by molar-refractivity contribution is 5.79. The Kier molecular flexibility index (Phi) is 4.99. The van der Waals surface area contributed by atoms with Crippen LogP contribution in [0.2, 0.25) is 0 Å². The van der Waals surface area contributed by atoms with Crippen molar-refractivity contribution in [3.05, 3.63) is 71.0 Å². The van der Waals surface area contributed by atoms with Crippen molar-refractivity contribution in [1.82, 2.24) is 15.0 Å².